The number of aryl methyl sites for hydroxylation is 1. The van der Waals surface area contributed by atoms with E-state index in [-0.39, 0.29) is 12.8 Å². The monoisotopic (exact) mass is 475 g/mol. The molecule has 0 bridgehead atoms. The summed E-state index contributed by atoms with van der Waals surface area (Å²) >= 11 is 0. The molecular weight excluding hydrogens is 446 g/mol. The van der Waals surface area contributed by atoms with Gasteiger partial charge in [-0.2, -0.15) is 5.10 Å². The predicted octanol–water partition coefficient (Wildman–Crippen LogP) is 2.92. The third-order valence-corrected chi connectivity index (χ3v) is 6.33. The average Bonchev–Trinajstić information content (AvgIpc) is 3.14. The van der Waals surface area contributed by atoms with Crippen LogP contribution in [0.1, 0.15) is 22.9 Å². The highest BCUT2D eigenvalue weighted by Crippen LogP contribution is 2.41. The molecule has 10 heteroatoms. The Balaban J connectivity index is 1.55. The number of nitrogen functional groups attached to an aromatic ring is 2. The van der Waals surface area contributed by atoms with E-state index in [4.69, 9.17) is 31.4 Å². The van der Waals surface area contributed by atoms with Crippen LogP contribution in [0.25, 0.3) is 16.5 Å². The van der Waals surface area contributed by atoms with E-state index in [9.17, 15) is 0 Å². The Bertz CT molecular complexity index is 1390. The summed E-state index contributed by atoms with van der Waals surface area (Å²) in [4.78, 5) is 0. The number of ether oxygens (including phenoxy) is 3. The van der Waals surface area contributed by atoms with Crippen LogP contribution >= 0.6 is 0 Å². The van der Waals surface area contributed by atoms with Gasteiger partial charge in [0, 0.05) is 12.6 Å². The molecule has 5 rings (SSSR count). The van der Waals surface area contributed by atoms with Crippen LogP contribution in [0.5, 0.6) is 11.5 Å². The minimum atomic E-state index is -0.103. The molecule has 1 aliphatic heterocycles. The molecule has 1 aliphatic rings. The van der Waals surface area contributed by atoms with Gasteiger partial charge in [0.1, 0.15) is 29.9 Å². The van der Waals surface area contributed by atoms with Gasteiger partial charge in [-0.1, -0.05) is 24.3 Å². The van der Waals surface area contributed by atoms with Gasteiger partial charge in [-0.3, -0.25) is 10.3 Å². The quantitative estimate of drug-likeness (QED) is 0.296. The van der Waals surface area contributed by atoms with Crippen LogP contribution in [-0.4, -0.2) is 41.8 Å². The van der Waals surface area contributed by atoms with Crippen molar-refractivity contribution in [1.29, 1.82) is 0 Å². The Hall–Kier alpha value is -4.02. The molecule has 0 radical (unpaired) electrons. The summed E-state index contributed by atoms with van der Waals surface area (Å²) in [5, 5.41) is 13.6. The van der Waals surface area contributed by atoms with Gasteiger partial charge in [-0.05, 0) is 36.6 Å². The van der Waals surface area contributed by atoms with Gasteiger partial charge in [0.25, 0.3) is 0 Å². The third kappa shape index (κ3) is 3.96. The highest BCUT2D eigenvalue weighted by molar-refractivity contribution is 6.08. The fraction of sp³-hybridized carbons (Fsp3) is 0.280. The zero-order valence-corrected chi connectivity index (χ0v) is 19.7. The molecule has 10 nitrogen and oxygen atoms in total. The summed E-state index contributed by atoms with van der Waals surface area (Å²) in [6.45, 7) is 3.10. The largest absolute Gasteiger partial charge is 0.494 e. The number of rotatable bonds is 7. The first-order valence-corrected chi connectivity index (χ1v) is 11.4. The van der Waals surface area contributed by atoms with Crippen LogP contribution in [0.3, 0.4) is 0 Å². The van der Waals surface area contributed by atoms with Gasteiger partial charge in [0.05, 0.1) is 42.0 Å². The van der Waals surface area contributed by atoms with Gasteiger partial charge in [0.15, 0.2) is 5.82 Å². The van der Waals surface area contributed by atoms with Crippen molar-refractivity contribution in [2.45, 2.75) is 19.4 Å². The van der Waals surface area contributed by atoms with Crippen molar-refractivity contribution in [3.05, 3.63) is 59.3 Å². The van der Waals surface area contributed by atoms with Crippen molar-refractivity contribution in [2.24, 2.45) is 5.73 Å². The number of hydrogen-bond donors (Lipinski definition) is 4. The number of anilines is 3. The molecule has 0 amide bonds. The standard InChI is InChI=1S/C25H29N7O3/c1-14-21-22(24(28)32(23(21)27)18-8-7-16(35-13-26)11-19(18)33-2)25(31-30-14)29-12-20-17-6-4-3-5-15(17)9-10-34-20/h3-8,11,20H,9-10,12-13,26-28H2,1-2H3,(H,29,31). The molecular formula is C25H29N7O3. The minimum Gasteiger partial charge on any atom is -0.494 e. The molecule has 182 valence electrons. The predicted molar refractivity (Wildman–Crippen MR) is 136 cm³/mol. The molecule has 0 saturated heterocycles. The normalized spacial score (nSPS) is 15.1. The first-order chi connectivity index (χ1) is 17.0. The van der Waals surface area contributed by atoms with Crippen LogP contribution in [0.2, 0.25) is 0 Å². The molecule has 7 N–H and O–H groups in total. The summed E-state index contributed by atoms with van der Waals surface area (Å²) in [6, 6.07) is 13.7. The second-order valence-corrected chi connectivity index (χ2v) is 8.32. The molecule has 0 spiro atoms. The van der Waals surface area contributed by atoms with E-state index < -0.39 is 0 Å². The van der Waals surface area contributed by atoms with E-state index in [1.807, 2.05) is 19.1 Å². The minimum absolute atomic E-state index is 0.0565. The van der Waals surface area contributed by atoms with Crippen molar-refractivity contribution in [3.8, 4) is 17.2 Å². The van der Waals surface area contributed by atoms with Crippen molar-refractivity contribution in [3.63, 3.8) is 0 Å². The number of hydrogen-bond acceptors (Lipinski definition) is 9. The van der Waals surface area contributed by atoms with Gasteiger partial charge in [0.2, 0.25) is 0 Å². The summed E-state index contributed by atoms with van der Waals surface area (Å²) in [6.07, 6.45) is 0.804. The summed E-state index contributed by atoms with van der Waals surface area (Å²) in [7, 11) is 1.57. The van der Waals surface area contributed by atoms with Crippen LogP contribution < -0.4 is 32.0 Å². The lowest BCUT2D eigenvalue weighted by Crippen LogP contribution is -2.23. The van der Waals surface area contributed by atoms with E-state index >= 15 is 0 Å². The first-order valence-electron chi connectivity index (χ1n) is 11.4. The summed E-state index contributed by atoms with van der Waals surface area (Å²) < 4.78 is 18.8. The fourth-order valence-corrected chi connectivity index (χ4v) is 4.69. The molecule has 4 aromatic rings. The second-order valence-electron chi connectivity index (χ2n) is 8.32. The van der Waals surface area contributed by atoms with Crippen LogP contribution in [0, 0.1) is 6.92 Å². The van der Waals surface area contributed by atoms with E-state index in [2.05, 4.69) is 33.7 Å². The average molecular weight is 476 g/mol. The molecule has 3 heterocycles. The smallest absolute Gasteiger partial charge is 0.160 e. The molecule has 2 aromatic heterocycles. The van der Waals surface area contributed by atoms with Crippen LogP contribution in [0.15, 0.2) is 42.5 Å². The Morgan fingerprint density at radius 1 is 1.11 bits per heavy atom. The van der Waals surface area contributed by atoms with E-state index in [0.29, 0.717) is 58.9 Å². The maximum absolute atomic E-state index is 6.68. The molecule has 0 aliphatic carbocycles. The lowest BCUT2D eigenvalue weighted by Gasteiger charge is -2.26. The Morgan fingerprint density at radius 3 is 2.71 bits per heavy atom. The number of aromatic nitrogens is 3. The summed E-state index contributed by atoms with van der Waals surface area (Å²) in [5.41, 5.74) is 22.6. The number of nitrogens with one attached hydrogen (secondary N) is 1. The van der Waals surface area contributed by atoms with Crippen molar-refractivity contribution in [2.75, 3.05) is 43.8 Å². The summed E-state index contributed by atoms with van der Waals surface area (Å²) in [5.74, 6) is 2.53. The molecule has 2 aromatic carbocycles. The topological polar surface area (TPSA) is 148 Å². The first kappa shape index (κ1) is 22.8. The molecule has 0 fully saturated rings. The number of nitrogens with zero attached hydrogens (tertiary/aromatic N) is 3. The molecule has 0 saturated carbocycles. The lowest BCUT2D eigenvalue weighted by atomic mass is 9.97. The SMILES string of the molecule is COc1cc(OCN)ccc1-n1c(N)c2c(C)nnc(NCC3OCCc4ccccc43)c2c1N. The van der Waals surface area contributed by atoms with E-state index in [1.54, 1.807) is 23.8 Å². The Kier molecular flexibility index (Phi) is 6.06. The zero-order chi connectivity index (χ0) is 24.5. The fourth-order valence-electron chi connectivity index (χ4n) is 4.69. The van der Waals surface area contributed by atoms with Crippen molar-refractivity contribution >= 4 is 28.2 Å². The van der Waals surface area contributed by atoms with Crippen LogP contribution in [-0.2, 0) is 11.2 Å². The Labute approximate surface area is 203 Å². The number of methoxy groups -OCH3 is 1. The van der Waals surface area contributed by atoms with Gasteiger partial charge in [-0.25, -0.2) is 0 Å². The van der Waals surface area contributed by atoms with Crippen molar-refractivity contribution in [1.82, 2.24) is 14.8 Å². The van der Waals surface area contributed by atoms with Gasteiger partial charge < -0.3 is 31.0 Å². The van der Waals surface area contributed by atoms with E-state index in [1.165, 1.54) is 11.1 Å². The highest BCUT2D eigenvalue weighted by atomic mass is 16.5. The zero-order valence-electron chi connectivity index (χ0n) is 19.7. The molecule has 35 heavy (non-hydrogen) atoms. The molecule has 1 unspecified atom stereocenters. The number of fused-ring (bicyclic) bond motifs is 2. The number of benzene rings is 2. The van der Waals surface area contributed by atoms with Gasteiger partial charge in [-0.15, -0.1) is 5.10 Å². The maximum atomic E-state index is 6.68. The third-order valence-electron chi connectivity index (χ3n) is 6.33. The highest BCUT2D eigenvalue weighted by Gasteiger charge is 2.25. The van der Waals surface area contributed by atoms with Crippen LogP contribution in [0.4, 0.5) is 17.5 Å². The number of nitrogens with two attached hydrogens (primary N) is 3. The second kappa shape index (κ2) is 9.32. The van der Waals surface area contributed by atoms with Gasteiger partial charge >= 0.3 is 0 Å². The lowest BCUT2D eigenvalue weighted by molar-refractivity contribution is 0.0513. The maximum Gasteiger partial charge on any atom is 0.160 e. The Morgan fingerprint density at radius 2 is 1.91 bits per heavy atom. The van der Waals surface area contributed by atoms with E-state index in [0.717, 1.165) is 11.8 Å². The molecule has 1 atom stereocenters. The van der Waals surface area contributed by atoms with Crippen molar-refractivity contribution < 1.29 is 14.2 Å².